The summed E-state index contributed by atoms with van der Waals surface area (Å²) >= 11 is 7.04. The number of thioether (sulfide) groups is 1. The van der Waals surface area contributed by atoms with Crippen molar-refractivity contribution < 1.29 is 0 Å². The van der Waals surface area contributed by atoms with Crippen molar-refractivity contribution in [2.45, 2.75) is 46.1 Å². The topological polar surface area (TPSA) is 57.8 Å². The van der Waals surface area contributed by atoms with E-state index in [1.54, 1.807) is 18.7 Å². The molecule has 0 unspecified atom stereocenters. The summed E-state index contributed by atoms with van der Waals surface area (Å²) in [5.41, 5.74) is 1.66. The monoisotopic (exact) mass is 349 g/mol. The summed E-state index contributed by atoms with van der Waals surface area (Å²) < 4.78 is 0.817. The van der Waals surface area contributed by atoms with Crippen LogP contribution in [-0.2, 0) is 6.54 Å². The Kier molecular flexibility index (Phi) is 7.05. The van der Waals surface area contributed by atoms with Crippen molar-refractivity contribution in [2.75, 3.05) is 5.75 Å². The molecule has 0 amide bonds. The maximum Gasteiger partial charge on any atom is 0.258 e. The first-order chi connectivity index (χ1) is 11.1. The number of aromatic nitrogens is 2. The quantitative estimate of drug-likeness (QED) is 0.586. The van der Waals surface area contributed by atoms with Gasteiger partial charge in [-0.3, -0.25) is 4.79 Å². The van der Waals surface area contributed by atoms with Gasteiger partial charge in [-0.25, -0.2) is 4.98 Å². The van der Waals surface area contributed by atoms with Gasteiger partial charge in [0.2, 0.25) is 0 Å². The van der Waals surface area contributed by atoms with Crippen molar-refractivity contribution in [2.24, 2.45) is 0 Å². The van der Waals surface area contributed by atoms with E-state index in [0.29, 0.717) is 17.8 Å². The standard InChI is InChI=1S/C17H23N3OS2/c1-3-4-5-6-9-23-17(22)18-11-13-7-8-15-14(10-13)16(21)20-12(2)19-15/h7-8,10H,3-6,9,11H2,1-2H3,(H,18,22)(H,19,20,21). The third-order valence-corrected chi connectivity index (χ3v) is 4.95. The van der Waals surface area contributed by atoms with E-state index in [9.17, 15) is 4.79 Å². The Morgan fingerprint density at radius 2 is 2.17 bits per heavy atom. The third kappa shape index (κ3) is 5.62. The molecule has 1 aromatic heterocycles. The Morgan fingerprint density at radius 3 is 2.96 bits per heavy atom. The number of nitrogens with zero attached hydrogens (tertiary/aromatic N) is 1. The minimum atomic E-state index is -0.0952. The zero-order chi connectivity index (χ0) is 16.7. The molecule has 0 fully saturated rings. The van der Waals surface area contributed by atoms with Crippen LogP contribution in [-0.4, -0.2) is 20.0 Å². The van der Waals surface area contributed by atoms with Crippen LogP contribution in [0.5, 0.6) is 0 Å². The van der Waals surface area contributed by atoms with Crippen molar-refractivity contribution in [3.63, 3.8) is 0 Å². The number of H-pyrrole nitrogens is 1. The van der Waals surface area contributed by atoms with Crippen LogP contribution in [0.4, 0.5) is 0 Å². The number of aromatic amines is 1. The van der Waals surface area contributed by atoms with Gasteiger partial charge in [-0.1, -0.05) is 56.2 Å². The largest absolute Gasteiger partial charge is 0.367 e. The van der Waals surface area contributed by atoms with Crippen LogP contribution in [0.1, 0.15) is 44.0 Å². The van der Waals surface area contributed by atoms with Crippen LogP contribution >= 0.6 is 24.0 Å². The molecule has 1 aromatic carbocycles. The van der Waals surface area contributed by atoms with Crippen LogP contribution in [0.3, 0.4) is 0 Å². The molecule has 0 saturated carbocycles. The molecule has 2 N–H and O–H groups in total. The first-order valence-electron chi connectivity index (χ1n) is 8.00. The molecule has 2 rings (SSSR count). The number of aryl methyl sites for hydroxylation is 1. The normalized spacial score (nSPS) is 10.9. The molecular weight excluding hydrogens is 326 g/mol. The molecule has 0 aliphatic rings. The number of rotatable bonds is 7. The molecule has 0 spiro atoms. The smallest absolute Gasteiger partial charge is 0.258 e. The van der Waals surface area contributed by atoms with E-state index < -0.39 is 0 Å². The summed E-state index contributed by atoms with van der Waals surface area (Å²) in [5, 5.41) is 3.87. The fourth-order valence-electron chi connectivity index (χ4n) is 2.33. The maximum absolute atomic E-state index is 12.0. The highest BCUT2D eigenvalue weighted by atomic mass is 32.2. The molecule has 0 radical (unpaired) electrons. The summed E-state index contributed by atoms with van der Waals surface area (Å²) in [6, 6.07) is 5.74. The van der Waals surface area contributed by atoms with Crippen LogP contribution in [0, 0.1) is 6.92 Å². The maximum atomic E-state index is 12.0. The van der Waals surface area contributed by atoms with E-state index in [1.807, 2.05) is 18.2 Å². The van der Waals surface area contributed by atoms with Crippen LogP contribution in [0.25, 0.3) is 10.9 Å². The lowest BCUT2D eigenvalue weighted by atomic mass is 10.1. The van der Waals surface area contributed by atoms with Gasteiger partial charge in [0.15, 0.2) is 0 Å². The summed E-state index contributed by atoms with van der Waals surface area (Å²) in [6.07, 6.45) is 5.02. The van der Waals surface area contributed by atoms with Crippen molar-refractivity contribution in [1.29, 1.82) is 0 Å². The minimum absolute atomic E-state index is 0.0952. The van der Waals surface area contributed by atoms with Crippen molar-refractivity contribution in [1.82, 2.24) is 15.3 Å². The van der Waals surface area contributed by atoms with Crippen molar-refractivity contribution in [3.05, 3.63) is 39.9 Å². The lowest BCUT2D eigenvalue weighted by molar-refractivity contribution is 0.707. The first kappa shape index (κ1) is 17.9. The van der Waals surface area contributed by atoms with E-state index in [0.717, 1.165) is 21.2 Å². The van der Waals surface area contributed by atoms with Gasteiger partial charge in [0.25, 0.3) is 5.56 Å². The molecular formula is C17H23N3OS2. The molecule has 0 bridgehead atoms. The van der Waals surface area contributed by atoms with Gasteiger partial charge in [0.1, 0.15) is 10.1 Å². The van der Waals surface area contributed by atoms with Crippen LogP contribution < -0.4 is 10.9 Å². The fourth-order valence-corrected chi connectivity index (χ4v) is 3.36. The summed E-state index contributed by atoms with van der Waals surface area (Å²) in [5.74, 6) is 1.70. The Hall–Kier alpha value is -1.40. The Morgan fingerprint density at radius 1 is 1.35 bits per heavy atom. The minimum Gasteiger partial charge on any atom is -0.367 e. The molecule has 124 valence electrons. The number of fused-ring (bicyclic) bond motifs is 1. The second-order valence-corrected chi connectivity index (χ2v) is 7.32. The average Bonchev–Trinajstić information content (AvgIpc) is 2.53. The summed E-state index contributed by atoms with van der Waals surface area (Å²) in [4.78, 5) is 19.0. The van der Waals surface area contributed by atoms with Gasteiger partial charge in [-0.15, -0.1) is 0 Å². The van der Waals surface area contributed by atoms with Gasteiger partial charge in [0, 0.05) is 12.3 Å². The van der Waals surface area contributed by atoms with E-state index in [1.165, 1.54) is 25.7 Å². The predicted molar refractivity (Wildman–Crippen MR) is 103 cm³/mol. The summed E-state index contributed by atoms with van der Waals surface area (Å²) in [7, 11) is 0. The SMILES string of the molecule is CCCCCCSC(=S)NCc1ccc2nc(C)[nH]c(=O)c2c1. The van der Waals surface area contributed by atoms with Gasteiger partial charge in [-0.2, -0.15) is 0 Å². The Labute approximate surface area is 146 Å². The van der Waals surface area contributed by atoms with Crippen LogP contribution in [0.2, 0.25) is 0 Å². The highest BCUT2D eigenvalue weighted by Crippen LogP contribution is 2.12. The van der Waals surface area contributed by atoms with Crippen molar-refractivity contribution in [3.8, 4) is 0 Å². The Bertz CT molecular complexity index is 727. The van der Waals surface area contributed by atoms with Gasteiger partial charge in [0.05, 0.1) is 10.9 Å². The van der Waals surface area contributed by atoms with E-state index in [-0.39, 0.29) is 5.56 Å². The van der Waals surface area contributed by atoms with E-state index in [4.69, 9.17) is 12.2 Å². The number of nitrogens with one attached hydrogen (secondary N) is 2. The number of hydrogen-bond donors (Lipinski definition) is 2. The van der Waals surface area contributed by atoms with E-state index in [2.05, 4.69) is 22.2 Å². The Balaban J connectivity index is 1.87. The second kappa shape index (κ2) is 9.03. The van der Waals surface area contributed by atoms with E-state index >= 15 is 0 Å². The lowest BCUT2D eigenvalue weighted by Gasteiger charge is -2.08. The molecule has 0 aliphatic carbocycles. The molecule has 4 nitrogen and oxygen atoms in total. The number of benzene rings is 1. The predicted octanol–water partition coefficient (Wildman–Crippen LogP) is 3.92. The van der Waals surface area contributed by atoms with Gasteiger partial charge in [-0.05, 0) is 31.0 Å². The number of hydrogen-bond acceptors (Lipinski definition) is 4. The molecule has 2 aromatic rings. The van der Waals surface area contributed by atoms with Gasteiger partial charge >= 0.3 is 0 Å². The fraction of sp³-hybridized carbons (Fsp3) is 0.471. The highest BCUT2D eigenvalue weighted by Gasteiger charge is 2.04. The first-order valence-corrected chi connectivity index (χ1v) is 9.39. The molecule has 6 heteroatoms. The molecule has 0 aliphatic heterocycles. The molecule has 23 heavy (non-hydrogen) atoms. The number of unbranched alkanes of at least 4 members (excludes halogenated alkanes) is 3. The molecule has 0 saturated heterocycles. The second-order valence-electron chi connectivity index (χ2n) is 5.55. The number of thiocarbonyl (C=S) groups is 1. The summed E-state index contributed by atoms with van der Waals surface area (Å²) in [6.45, 7) is 4.63. The molecule has 1 heterocycles. The molecule has 0 atom stereocenters. The van der Waals surface area contributed by atoms with Crippen LogP contribution in [0.15, 0.2) is 23.0 Å². The van der Waals surface area contributed by atoms with Gasteiger partial charge < -0.3 is 10.3 Å². The van der Waals surface area contributed by atoms with Crippen molar-refractivity contribution >= 4 is 39.2 Å². The zero-order valence-electron chi connectivity index (χ0n) is 13.6. The average molecular weight is 350 g/mol. The zero-order valence-corrected chi connectivity index (χ0v) is 15.3. The third-order valence-electron chi connectivity index (χ3n) is 3.56. The highest BCUT2D eigenvalue weighted by molar-refractivity contribution is 8.22. The lowest BCUT2D eigenvalue weighted by Crippen LogP contribution is -2.18.